The highest BCUT2D eigenvalue weighted by Crippen LogP contribution is 1.64. The summed E-state index contributed by atoms with van der Waals surface area (Å²) in [5, 5.41) is 7.63. The largest absolute Gasteiger partial charge is 0.183 e. The summed E-state index contributed by atoms with van der Waals surface area (Å²) in [6.07, 6.45) is 0. The monoisotopic (exact) mass is 83.0 g/mol. The lowest BCUT2D eigenvalue weighted by molar-refractivity contribution is 1.55. The molecule has 2 heteroatoms. The van der Waals surface area contributed by atoms with Gasteiger partial charge >= 0.3 is 0 Å². The molecule has 0 aliphatic heterocycles. The number of nitriles is 1. The van der Waals surface area contributed by atoms with Crippen LogP contribution in [0.2, 0.25) is 0 Å². The molecule has 0 saturated heterocycles. The maximum absolute atomic E-state index is 7.63. The van der Waals surface area contributed by atoms with Gasteiger partial charge in [0.1, 0.15) is 0 Å². The summed E-state index contributed by atoms with van der Waals surface area (Å²) in [5.74, 6) is 2.13. The van der Waals surface area contributed by atoms with Gasteiger partial charge in [-0.1, -0.05) is 14.9 Å². The molecule has 0 aliphatic carbocycles. The lowest BCUT2D eigenvalue weighted by Crippen LogP contribution is -1.32. The highest BCUT2D eigenvalue weighted by Gasteiger charge is 1.40. The molecular formula is C3H2NP. The van der Waals surface area contributed by atoms with Gasteiger partial charge in [0.15, 0.2) is 6.07 Å². The van der Waals surface area contributed by atoms with Crippen molar-refractivity contribution in [2.45, 2.75) is 0 Å². The zero-order chi connectivity index (χ0) is 4.12. The van der Waals surface area contributed by atoms with Gasteiger partial charge < -0.3 is 0 Å². The predicted molar refractivity (Wildman–Crippen MR) is 23.1 cm³/mol. The Morgan fingerprint density at radius 2 is 2.20 bits per heavy atom. The van der Waals surface area contributed by atoms with Crippen LogP contribution < -0.4 is 0 Å². The zero-order valence-corrected chi connectivity index (χ0v) is 3.68. The second-order valence-corrected chi connectivity index (χ2v) is 0.670. The molecule has 0 radical (unpaired) electrons. The number of hydrogen-bond acceptors (Lipinski definition) is 1. The van der Waals surface area contributed by atoms with E-state index >= 15 is 0 Å². The smallest absolute Gasteiger partial charge is 0.152 e. The van der Waals surface area contributed by atoms with Gasteiger partial charge in [-0.3, -0.25) is 0 Å². The van der Waals surface area contributed by atoms with Crippen LogP contribution in [0.1, 0.15) is 0 Å². The Morgan fingerprint density at radius 1 is 1.60 bits per heavy atom. The van der Waals surface area contributed by atoms with E-state index in [1.165, 1.54) is 0 Å². The first kappa shape index (κ1) is 4.48. The van der Waals surface area contributed by atoms with Gasteiger partial charge in [0.25, 0.3) is 0 Å². The Kier molecular flexibility index (Phi) is 3.12. The van der Waals surface area contributed by atoms with Crippen LogP contribution in [0.25, 0.3) is 0 Å². The van der Waals surface area contributed by atoms with Crippen LogP contribution in [-0.4, -0.2) is 0 Å². The maximum Gasteiger partial charge on any atom is 0.152 e. The lowest BCUT2D eigenvalue weighted by atomic mass is 10.8. The second kappa shape index (κ2) is 3.48. The van der Waals surface area contributed by atoms with Crippen LogP contribution in [0, 0.1) is 22.9 Å². The van der Waals surface area contributed by atoms with E-state index < -0.39 is 0 Å². The molecule has 1 atom stereocenters. The van der Waals surface area contributed by atoms with Crippen molar-refractivity contribution in [2.75, 3.05) is 0 Å². The third-order valence-corrected chi connectivity index (χ3v) is 0.272. The van der Waals surface area contributed by atoms with Crippen LogP contribution in [0.5, 0.6) is 0 Å². The SMILES string of the molecule is N#CC#CP. The molecule has 0 heterocycles. The van der Waals surface area contributed by atoms with Crippen molar-refractivity contribution in [1.29, 1.82) is 5.26 Å². The van der Waals surface area contributed by atoms with Crippen molar-refractivity contribution in [3.63, 3.8) is 0 Å². The minimum Gasteiger partial charge on any atom is -0.183 e. The fourth-order valence-electron chi connectivity index (χ4n) is 0.0323. The molecule has 0 bridgehead atoms. The Bertz CT molecular complexity index is 100. The Hall–Kier alpha value is -0.520. The van der Waals surface area contributed by atoms with Gasteiger partial charge in [-0.05, 0) is 0 Å². The quantitative estimate of drug-likeness (QED) is 0.306. The average molecular weight is 83.0 g/mol. The summed E-state index contributed by atoms with van der Waals surface area (Å²) in [6.45, 7) is 0. The number of rotatable bonds is 0. The molecule has 0 spiro atoms. The molecule has 0 fully saturated rings. The minimum atomic E-state index is 1.64. The molecule has 0 aromatic rings. The van der Waals surface area contributed by atoms with Crippen molar-refractivity contribution in [3.8, 4) is 17.7 Å². The topological polar surface area (TPSA) is 23.8 Å². The predicted octanol–water partition coefficient (Wildman–Crippen LogP) is 0.346. The van der Waals surface area contributed by atoms with Gasteiger partial charge in [0, 0.05) is 5.92 Å². The molecule has 1 nitrogen and oxygen atoms in total. The van der Waals surface area contributed by atoms with E-state index in [1.54, 1.807) is 6.07 Å². The maximum atomic E-state index is 7.63. The van der Waals surface area contributed by atoms with Crippen molar-refractivity contribution < 1.29 is 0 Å². The third-order valence-electron chi connectivity index (χ3n) is 0.128. The Morgan fingerprint density at radius 3 is 2.20 bits per heavy atom. The van der Waals surface area contributed by atoms with Crippen LogP contribution >= 0.6 is 9.24 Å². The van der Waals surface area contributed by atoms with E-state index in [2.05, 4.69) is 20.8 Å². The number of nitrogens with zero attached hydrogens (tertiary/aromatic N) is 1. The molecule has 0 N–H and O–H groups in total. The fourth-order valence-corrected chi connectivity index (χ4v) is 0.0968. The van der Waals surface area contributed by atoms with E-state index in [4.69, 9.17) is 5.26 Å². The van der Waals surface area contributed by atoms with Crippen molar-refractivity contribution in [1.82, 2.24) is 0 Å². The van der Waals surface area contributed by atoms with Gasteiger partial charge in [-0.25, -0.2) is 0 Å². The van der Waals surface area contributed by atoms with Crippen molar-refractivity contribution >= 4 is 9.24 Å². The van der Waals surface area contributed by atoms with E-state index in [-0.39, 0.29) is 0 Å². The molecule has 1 unspecified atom stereocenters. The van der Waals surface area contributed by atoms with Crippen LogP contribution in [0.4, 0.5) is 0 Å². The summed E-state index contributed by atoms with van der Waals surface area (Å²) in [6, 6.07) is 1.64. The molecular weight excluding hydrogens is 81.0 g/mol. The summed E-state index contributed by atoms with van der Waals surface area (Å²) >= 11 is 0. The molecule has 0 aliphatic rings. The molecule has 0 amide bonds. The summed E-state index contributed by atoms with van der Waals surface area (Å²) in [4.78, 5) is 0. The number of hydrogen-bond donors (Lipinski definition) is 0. The molecule has 0 rings (SSSR count). The molecule has 0 aromatic heterocycles. The average Bonchev–Trinajstić information content (AvgIpc) is 1.41. The first-order valence-electron chi connectivity index (χ1n) is 1.01. The van der Waals surface area contributed by atoms with E-state index in [0.717, 1.165) is 0 Å². The van der Waals surface area contributed by atoms with E-state index in [1.807, 2.05) is 0 Å². The second-order valence-electron chi connectivity index (χ2n) is 0.381. The molecule has 5 heavy (non-hydrogen) atoms. The van der Waals surface area contributed by atoms with Crippen LogP contribution in [0.3, 0.4) is 0 Å². The van der Waals surface area contributed by atoms with E-state index in [9.17, 15) is 0 Å². The molecule has 24 valence electrons. The Labute approximate surface area is 33.2 Å². The minimum absolute atomic E-state index is 1.64. The van der Waals surface area contributed by atoms with Crippen molar-refractivity contribution in [3.05, 3.63) is 0 Å². The molecule has 0 aromatic carbocycles. The summed E-state index contributed by atoms with van der Waals surface area (Å²) in [5.41, 5.74) is 2.32. The Balaban J connectivity index is 3.30. The van der Waals surface area contributed by atoms with Crippen LogP contribution in [0.15, 0.2) is 0 Å². The molecule has 0 saturated carbocycles. The van der Waals surface area contributed by atoms with Gasteiger partial charge in [0.05, 0.1) is 0 Å². The summed E-state index contributed by atoms with van der Waals surface area (Å²) < 4.78 is 0. The van der Waals surface area contributed by atoms with Crippen molar-refractivity contribution in [2.24, 2.45) is 0 Å². The normalized spacial score (nSPS) is 3.20. The zero-order valence-electron chi connectivity index (χ0n) is 2.52. The fraction of sp³-hybridized carbons (Fsp3) is 0. The summed E-state index contributed by atoms with van der Waals surface area (Å²) in [7, 11) is 2.12. The lowest BCUT2D eigenvalue weighted by Gasteiger charge is -1.38. The first-order valence-corrected chi connectivity index (χ1v) is 1.59. The van der Waals surface area contributed by atoms with Gasteiger partial charge in [-0.15, -0.1) is 0 Å². The standard InChI is InChI=1S/C3H2NP/c4-2-1-3-5/h5H2. The highest BCUT2D eigenvalue weighted by molar-refractivity contribution is 7.23. The van der Waals surface area contributed by atoms with Crippen LogP contribution in [-0.2, 0) is 0 Å². The van der Waals surface area contributed by atoms with E-state index in [0.29, 0.717) is 0 Å². The van der Waals surface area contributed by atoms with Gasteiger partial charge in [0.2, 0.25) is 0 Å². The highest BCUT2D eigenvalue weighted by atomic mass is 31.0. The first-order chi connectivity index (χ1) is 2.41. The van der Waals surface area contributed by atoms with Gasteiger partial charge in [-0.2, -0.15) is 5.26 Å². The third kappa shape index (κ3) is 3.48.